The molecule has 2 fully saturated rings. The molecule has 8 heteroatoms. The summed E-state index contributed by atoms with van der Waals surface area (Å²) < 4.78 is 0. The van der Waals surface area contributed by atoms with Crippen molar-refractivity contribution in [3.8, 4) is 42.2 Å². The van der Waals surface area contributed by atoms with Gasteiger partial charge in [0.2, 0.25) is 0 Å². The summed E-state index contributed by atoms with van der Waals surface area (Å²) in [5, 5.41) is 15.6. The van der Waals surface area contributed by atoms with Gasteiger partial charge in [-0.1, -0.05) is 54.6 Å². The number of nitrogens with one attached hydrogen (secondary N) is 1. The lowest BCUT2D eigenvalue weighted by Gasteiger charge is -2.49. The highest BCUT2D eigenvalue weighted by atomic mass is 32.1. The van der Waals surface area contributed by atoms with E-state index in [-0.39, 0.29) is 0 Å². The van der Waals surface area contributed by atoms with Gasteiger partial charge in [0.25, 0.3) is 0 Å². The summed E-state index contributed by atoms with van der Waals surface area (Å²) in [5.74, 6) is 0. The molecule has 0 bridgehead atoms. The van der Waals surface area contributed by atoms with Gasteiger partial charge >= 0.3 is 0 Å². The van der Waals surface area contributed by atoms with Crippen molar-refractivity contribution in [2.24, 2.45) is 5.73 Å². The Balaban J connectivity index is 1.19. The molecule has 0 unspecified atom stereocenters. The number of rotatable bonds is 6. The van der Waals surface area contributed by atoms with E-state index in [4.69, 9.17) is 15.7 Å². The van der Waals surface area contributed by atoms with Gasteiger partial charge in [0, 0.05) is 54.7 Å². The quantitative estimate of drug-likeness (QED) is 0.217. The Labute approximate surface area is 248 Å². The van der Waals surface area contributed by atoms with Crippen molar-refractivity contribution in [2.75, 3.05) is 31.1 Å². The Morgan fingerprint density at radius 2 is 1.51 bits per heavy atom. The minimum atomic E-state index is -0.682. The van der Waals surface area contributed by atoms with Crippen LogP contribution >= 0.6 is 22.7 Å². The van der Waals surface area contributed by atoms with E-state index in [9.17, 15) is 5.11 Å². The van der Waals surface area contributed by atoms with Crippen LogP contribution < -0.4 is 16.0 Å². The summed E-state index contributed by atoms with van der Waals surface area (Å²) in [6, 6.07) is 27.6. The summed E-state index contributed by atoms with van der Waals surface area (Å²) in [5.41, 5.74) is 12.1. The third-order valence-corrected chi connectivity index (χ3v) is 10.4. The van der Waals surface area contributed by atoms with Gasteiger partial charge < -0.3 is 21.1 Å². The van der Waals surface area contributed by atoms with Gasteiger partial charge in [-0.15, -0.1) is 22.7 Å². The van der Waals surface area contributed by atoms with Crippen LogP contribution in [0.25, 0.3) is 42.2 Å². The highest BCUT2D eigenvalue weighted by Gasteiger charge is 2.49. The lowest BCUT2D eigenvalue weighted by molar-refractivity contribution is -0.0738. The number of nitrogens with two attached hydrogens (primary N) is 1. The first-order valence-corrected chi connectivity index (χ1v) is 15.7. The van der Waals surface area contributed by atoms with E-state index in [1.54, 1.807) is 22.7 Å². The Hall–Kier alpha value is -3.40. The third kappa shape index (κ3) is 5.22. The normalized spacial score (nSPS) is 22.5. The van der Waals surface area contributed by atoms with E-state index in [0.717, 1.165) is 73.9 Å². The van der Waals surface area contributed by atoms with E-state index in [1.807, 2.05) is 19.2 Å². The maximum atomic E-state index is 10.3. The molecule has 0 atom stereocenters. The molecule has 2 aromatic heterocycles. The van der Waals surface area contributed by atoms with Crippen LogP contribution in [0.15, 0.2) is 85.1 Å². The number of thiazole rings is 2. The molecule has 3 heterocycles. The average molecular weight is 580 g/mol. The van der Waals surface area contributed by atoms with Crippen molar-refractivity contribution in [2.45, 2.75) is 30.9 Å². The first-order valence-electron chi connectivity index (χ1n) is 14.1. The molecule has 2 aliphatic rings. The molecule has 6 nitrogen and oxygen atoms in total. The number of piperazine rings is 1. The second kappa shape index (κ2) is 10.5. The standard InChI is InChI=1S/C33H33N5OS2/c1-32(39)20-33(34,21-32)25-11-7-22(8-12-25)28-29(23-5-3-2-4-6-23)41-31(37-28)27-19-36-30(40-27)24-9-13-26(14-10-24)38-17-15-35-16-18-38/h2-14,19,35,39H,15-18,20-21,34H2,1H3/t32-,33-. The maximum Gasteiger partial charge on any atom is 0.136 e. The van der Waals surface area contributed by atoms with Crippen LogP contribution in [0.1, 0.15) is 25.3 Å². The number of benzene rings is 3. The van der Waals surface area contributed by atoms with E-state index in [0.29, 0.717) is 12.8 Å². The van der Waals surface area contributed by atoms with Crippen LogP contribution in [0.2, 0.25) is 0 Å². The average Bonchev–Trinajstić information content (AvgIpc) is 3.66. The number of aliphatic hydroxyl groups is 1. The lowest BCUT2D eigenvalue weighted by atomic mass is 9.63. The van der Waals surface area contributed by atoms with Crippen molar-refractivity contribution in [3.05, 3.63) is 90.6 Å². The summed E-state index contributed by atoms with van der Waals surface area (Å²) in [7, 11) is 0. The number of hydrogen-bond donors (Lipinski definition) is 3. The minimum absolute atomic E-state index is 0.472. The summed E-state index contributed by atoms with van der Waals surface area (Å²) in [6.45, 7) is 5.98. The largest absolute Gasteiger partial charge is 0.390 e. The molecule has 41 heavy (non-hydrogen) atoms. The lowest BCUT2D eigenvalue weighted by Crippen LogP contribution is -2.58. The van der Waals surface area contributed by atoms with Gasteiger partial charge in [-0.05, 0) is 55.2 Å². The Bertz CT molecular complexity index is 1640. The van der Waals surface area contributed by atoms with Crippen LogP contribution in [0.5, 0.6) is 0 Å². The SMILES string of the molecule is C[C@]1(O)C[C@@](N)(c2ccc(-c3nc(-c4cnc(-c5ccc(N6CCNCC6)cc5)s4)sc3-c3ccccc3)cc2)C1. The van der Waals surface area contributed by atoms with Crippen LogP contribution in [-0.2, 0) is 5.54 Å². The molecule has 1 saturated carbocycles. The predicted molar refractivity (Wildman–Crippen MR) is 170 cm³/mol. The topological polar surface area (TPSA) is 87.3 Å². The zero-order valence-corrected chi connectivity index (χ0v) is 24.6. The molecule has 208 valence electrons. The van der Waals surface area contributed by atoms with Crippen molar-refractivity contribution in [3.63, 3.8) is 0 Å². The molecule has 5 aromatic rings. The van der Waals surface area contributed by atoms with Gasteiger partial charge in [-0.2, -0.15) is 0 Å². The number of aromatic nitrogens is 2. The van der Waals surface area contributed by atoms with Crippen molar-refractivity contribution in [1.29, 1.82) is 0 Å². The highest BCUT2D eigenvalue weighted by molar-refractivity contribution is 7.25. The Morgan fingerprint density at radius 3 is 2.20 bits per heavy atom. The third-order valence-electron chi connectivity index (χ3n) is 8.10. The molecule has 4 N–H and O–H groups in total. The summed E-state index contributed by atoms with van der Waals surface area (Å²) in [6.07, 6.45) is 3.09. The van der Waals surface area contributed by atoms with E-state index < -0.39 is 11.1 Å². The van der Waals surface area contributed by atoms with Gasteiger partial charge in [0.05, 0.1) is 21.0 Å². The molecule has 3 aromatic carbocycles. The van der Waals surface area contributed by atoms with Gasteiger partial charge in [0.15, 0.2) is 0 Å². The minimum Gasteiger partial charge on any atom is -0.390 e. The van der Waals surface area contributed by atoms with Crippen LogP contribution in [0.3, 0.4) is 0 Å². The number of anilines is 1. The molecule has 1 aliphatic heterocycles. The first kappa shape index (κ1) is 26.5. The Kier molecular flexibility index (Phi) is 6.76. The molecular formula is C33H33N5OS2. The van der Waals surface area contributed by atoms with Gasteiger partial charge in [0.1, 0.15) is 10.0 Å². The van der Waals surface area contributed by atoms with E-state index >= 15 is 0 Å². The number of hydrogen-bond acceptors (Lipinski definition) is 8. The molecular weight excluding hydrogens is 547 g/mol. The number of nitrogens with zero attached hydrogens (tertiary/aromatic N) is 3. The van der Waals surface area contributed by atoms with Crippen LogP contribution in [0.4, 0.5) is 5.69 Å². The maximum absolute atomic E-state index is 10.3. The molecule has 1 saturated heterocycles. The zero-order chi connectivity index (χ0) is 28.0. The van der Waals surface area contributed by atoms with E-state index in [1.165, 1.54) is 5.69 Å². The fraction of sp³-hybridized carbons (Fsp3) is 0.273. The molecule has 7 rings (SSSR count). The van der Waals surface area contributed by atoms with Crippen molar-refractivity contribution >= 4 is 28.4 Å². The van der Waals surface area contributed by atoms with Gasteiger partial charge in [-0.3, -0.25) is 0 Å². The Morgan fingerprint density at radius 1 is 0.829 bits per heavy atom. The summed E-state index contributed by atoms with van der Waals surface area (Å²) >= 11 is 3.39. The fourth-order valence-electron chi connectivity index (χ4n) is 6.12. The van der Waals surface area contributed by atoms with Crippen LogP contribution in [-0.4, -0.2) is 46.9 Å². The highest BCUT2D eigenvalue weighted by Crippen LogP contribution is 2.47. The van der Waals surface area contributed by atoms with E-state index in [2.05, 4.69) is 83.0 Å². The molecule has 0 spiro atoms. The summed E-state index contributed by atoms with van der Waals surface area (Å²) in [4.78, 5) is 14.6. The van der Waals surface area contributed by atoms with Gasteiger partial charge in [-0.25, -0.2) is 9.97 Å². The first-order chi connectivity index (χ1) is 19.9. The molecule has 1 aliphatic carbocycles. The monoisotopic (exact) mass is 579 g/mol. The molecule has 0 radical (unpaired) electrons. The smallest absolute Gasteiger partial charge is 0.136 e. The second-order valence-electron chi connectivity index (χ2n) is 11.5. The second-order valence-corrected chi connectivity index (χ2v) is 13.5. The predicted octanol–water partition coefficient (Wildman–Crippen LogP) is 6.38. The van der Waals surface area contributed by atoms with Crippen LogP contribution in [0, 0.1) is 0 Å². The van der Waals surface area contributed by atoms with Crippen molar-refractivity contribution < 1.29 is 5.11 Å². The zero-order valence-electron chi connectivity index (χ0n) is 23.0. The molecule has 0 amide bonds. The van der Waals surface area contributed by atoms with Crippen molar-refractivity contribution in [1.82, 2.24) is 15.3 Å². The fourth-order valence-corrected chi connectivity index (χ4v) is 8.18.